The van der Waals surface area contributed by atoms with Crippen molar-refractivity contribution in [3.8, 4) is 17.0 Å². The Morgan fingerprint density at radius 2 is 2.16 bits per heavy atom. The molecule has 0 saturated heterocycles. The van der Waals surface area contributed by atoms with E-state index in [0.717, 1.165) is 28.1 Å². The number of hydrogen-bond acceptors (Lipinski definition) is 4. The average molecular weight is 277 g/mol. The molecular formula is C14H15NO3S. The lowest BCUT2D eigenvalue weighted by atomic mass is 10.0. The van der Waals surface area contributed by atoms with Crippen LogP contribution in [0.3, 0.4) is 0 Å². The Morgan fingerprint density at radius 3 is 2.79 bits per heavy atom. The standard InChI is InChI=1S/C14H15NO3S/c1-8-4-9(2)14(18-3)10(5-8)11-7-19-12(15-11)6-13(16)17/h4-5,7H,6H2,1-3H3,(H,16,17). The van der Waals surface area contributed by atoms with Gasteiger partial charge >= 0.3 is 5.97 Å². The summed E-state index contributed by atoms with van der Waals surface area (Å²) < 4.78 is 5.42. The lowest BCUT2D eigenvalue weighted by molar-refractivity contribution is -0.136. The van der Waals surface area contributed by atoms with Gasteiger partial charge < -0.3 is 9.84 Å². The highest BCUT2D eigenvalue weighted by Crippen LogP contribution is 2.34. The van der Waals surface area contributed by atoms with Crippen LogP contribution in [-0.4, -0.2) is 23.2 Å². The number of benzene rings is 1. The first-order valence-corrected chi connectivity index (χ1v) is 6.71. The summed E-state index contributed by atoms with van der Waals surface area (Å²) in [5, 5.41) is 11.2. The van der Waals surface area contributed by atoms with Crippen molar-refractivity contribution in [3.63, 3.8) is 0 Å². The molecule has 0 bridgehead atoms. The van der Waals surface area contributed by atoms with E-state index >= 15 is 0 Å². The summed E-state index contributed by atoms with van der Waals surface area (Å²) in [5.41, 5.74) is 3.85. The van der Waals surface area contributed by atoms with E-state index in [1.165, 1.54) is 11.3 Å². The van der Waals surface area contributed by atoms with Gasteiger partial charge in [-0.3, -0.25) is 4.79 Å². The van der Waals surface area contributed by atoms with Crippen LogP contribution in [0.1, 0.15) is 16.1 Å². The molecule has 19 heavy (non-hydrogen) atoms. The van der Waals surface area contributed by atoms with Crippen LogP contribution in [0.25, 0.3) is 11.3 Å². The lowest BCUT2D eigenvalue weighted by Crippen LogP contribution is -1.99. The number of carboxylic acid groups (broad SMARTS) is 1. The summed E-state index contributed by atoms with van der Waals surface area (Å²) in [7, 11) is 1.63. The van der Waals surface area contributed by atoms with E-state index in [0.29, 0.717) is 5.01 Å². The topological polar surface area (TPSA) is 59.4 Å². The Balaban J connectivity index is 2.46. The second-order valence-electron chi connectivity index (χ2n) is 4.36. The summed E-state index contributed by atoms with van der Waals surface area (Å²) in [6.45, 7) is 4.00. The Bertz CT molecular complexity index is 619. The number of ether oxygens (including phenoxy) is 1. The number of methoxy groups -OCH3 is 1. The molecule has 1 heterocycles. The van der Waals surface area contributed by atoms with Crippen molar-refractivity contribution in [2.75, 3.05) is 7.11 Å². The van der Waals surface area contributed by atoms with E-state index in [1.54, 1.807) is 7.11 Å². The zero-order valence-electron chi connectivity index (χ0n) is 11.1. The van der Waals surface area contributed by atoms with Crippen LogP contribution in [0.2, 0.25) is 0 Å². The van der Waals surface area contributed by atoms with Crippen molar-refractivity contribution in [1.29, 1.82) is 0 Å². The van der Waals surface area contributed by atoms with Crippen LogP contribution in [-0.2, 0) is 11.2 Å². The molecule has 0 atom stereocenters. The molecule has 0 amide bonds. The molecule has 0 spiro atoms. The van der Waals surface area contributed by atoms with Crippen LogP contribution < -0.4 is 4.74 Å². The third-order valence-corrected chi connectivity index (χ3v) is 3.60. The maximum absolute atomic E-state index is 10.7. The normalized spacial score (nSPS) is 10.5. The van der Waals surface area contributed by atoms with Crippen LogP contribution in [0, 0.1) is 13.8 Å². The fourth-order valence-corrected chi connectivity index (χ4v) is 2.85. The molecule has 0 radical (unpaired) electrons. The molecule has 0 fully saturated rings. The van der Waals surface area contributed by atoms with Crippen molar-refractivity contribution in [3.05, 3.63) is 33.6 Å². The van der Waals surface area contributed by atoms with Crippen LogP contribution in [0.4, 0.5) is 0 Å². The molecule has 0 saturated carbocycles. The summed E-state index contributed by atoms with van der Waals surface area (Å²) in [6.07, 6.45) is -0.0439. The Hall–Kier alpha value is -1.88. The van der Waals surface area contributed by atoms with Crippen molar-refractivity contribution >= 4 is 17.3 Å². The minimum Gasteiger partial charge on any atom is -0.496 e. The molecule has 0 unspecified atom stereocenters. The Labute approximate surface area is 115 Å². The highest BCUT2D eigenvalue weighted by atomic mass is 32.1. The van der Waals surface area contributed by atoms with Gasteiger partial charge in [-0.15, -0.1) is 11.3 Å². The van der Waals surface area contributed by atoms with E-state index in [4.69, 9.17) is 9.84 Å². The molecular weight excluding hydrogens is 262 g/mol. The molecule has 1 N–H and O–H groups in total. The molecule has 4 nitrogen and oxygen atoms in total. The predicted octanol–water partition coefficient (Wildman–Crippen LogP) is 3.06. The van der Waals surface area contributed by atoms with Gasteiger partial charge in [0.1, 0.15) is 10.8 Å². The van der Waals surface area contributed by atoms with Gasteiger partial charge in [0.2, 0.25) is 0 Å². The summed E-state index contributed by atoms with van der Waals surface area (Å²) >= 11 is 1.36. The number of aromatic nitrogens is 1. The predicted molar refractivity (Wildman–Crippen MR) is 74.9 cm³/mol. The number of carbonyl (C=O) groups is 1. The van der Waals surface area contributed by atoms with Gasteiger partial charge in [0.05, 0.1) is 19.2 Å². The van der Waals surface area contributed by atoms with Gasteiger partial charge in [-0.05, 0) is 31.0 Å². The Kier molecular flexibility index (Phi) is 3.85. The summed E-state index contributed by atoms with van der Waals surface area (Å²) in [4.78, 5) is 15.1. The number of hydrogen-bond donors (Lipinski definition) is 1. The quantitative estimate of drug-likeness (QED) is 0.933. The minimum absolute atomic E-state index is 0.0439. The number of nitrogens with zero attached hydrogens (tertiary/aromatic N) is 1. The molecule has 0 aliphatic heterocycles. The number of carboxylic acids is 1. The zero-order chi connectivity index (χ0) is 14.0. The number of aryl methyl sites for hydroxylation is 2. The van der Waals surface area contributed by atoms with Crippen molar-refractivity contribution in [1.82, 2.24) is 4.98 Å². The number of thiazole rings is 1. The van der Waals surface area contributed by atoms with Crippen molar-refractivity contribution in [2.24, 2.45) is 0 Å². The maximum atomic E-state index is 10.7. The first kappa shape index (κ1) is 13.5. The number of aliphatic carboxylic acids is 1. The van der Waals surface area contributed by atoms with Gasteiger partial charge in [-0.25, -0.2) is 4.98 Å². The second-order valence-corrected chi connectivity index (χ2v) is 5.30. The summed E-state index contributed by atoms with van der Waals surface area (Å²) in [6, 6.07) is 4.05. The first-order chi connectivity index (χ1) is 9.01. The average Bonchev–Trinajstić information content (AvgIpc) is 2.75. The molecule has 0 aliphatic rings. The fourth-order valence-electron chi connectivity index (χ4n) is 2.06. The molecule has 1 aromatic carbocycles. The second kappa shape index (κ2) is 5.40. The Morgan fingerprint density at radius 1 is 1.42 bits per heavy atom. The van der Waals surface area contributed by atoms with Gasteiger partial charge in [0.25, 0.3) is 0 Å². The van der Waals surface area contributed by atoms with E-state index < -0.39 is 5.97 Å². The monoisotopic (exact) mass is 277 g/mol. The zero-order valence-corrected chi connectivity index (χ0v) is 11.9. The van der Waals surface area contributed by atoms with Gasteiger partial charge in [0, 0.05) is 10.9 Å². The summed E-state index contributed by atoms with van der Waals surface area (Å²) in [5.74, 6) is -0.0777. The van der Waals surface area contributed by atoms with E-state index in [-0.39, 0.29) is 6.42 Å². The minimum atomic E-state index is -0.867. The molecule has 2 rings (SSSR count). The first-order valence-electron chi connectivity index (χ1n) is 5.83. The van der Waals surface area contributed by atoms with Crippen molar-refractivity contribution in [2.45, 2.75) is 20.3 Å². The largest absolute Gasteiger partial charge is 0.496 e. The fraction of sp³-hybridized carbons (Fsp3) is 0.286. The van der Waals surface area contributed by atoms with Crippen LogP contribution >= 0.6 is 11.3 Å². The lowest BCUT2D eigenvalue weighted by Gasteiger charge is -2.11. The van der Waals surface area contributed by atoms with Gasteiger partial charge in [-0.2, -0.15) is 0 Å². The van der Waals surface area contributed by atoms with Crippen LogP contribution in [0.5, 0.6) is 5.75 Å². The van der Waals surface area contributed by atoms with E-state index in [1.807, 2.05) is 31.4 Å². The molecule has 0 aliphatic carbocycles. The van der Waals surface area contributed by atoms with Gasteiger partial charge in [0.15, 0.2) is 0 Å². The van der Waals surface area contributed by atoms with E-state index in [2.05, 4.69) is 4.98 Å². The third kappa shape index (κ3) is 2.93. The highest BCUT2D eigenvalue weighted by molar-refractivity contribution is 7.10. The van der Waals surface area contributed by atoms with Crippen LogP contribution in [0.15, 0.2) is 17.5 Å². The molecule has 2 aromatic rings. The maximum Gasteiger partial charge on any atom is 0.310 e. The van der Waals surface area contributed by atoms with Crippen molar-refractivity contribution < 1.29 is 14.6 Å². The van der Waals surface area contributed by atoms with Gasteiger partial charge in [-0.1, -0.05) is 6.07 Å². The number of rotatable bonds is 4. The third-order valence-electron chi connectivity index (χ3n) is 2.75. The SMILES string of the molecule is COc1c(C)cc(C)cc1-c1csc(CC(=O)O)n1. The molecule has 100 valence electrons. The highest BCUT2D eigenvalue weighted by Gasteiger charge is 2.14. The molecule has 5 heteroatoms. The van der Waals surface area contributed by atoms with E-state index in [9.17, 15) is 4.79 Å². The molecule has 1 aromatic heterocycles. The smallest absolute Gasteiger partial charge is 0.310 e.